The minimum absolute atomic E-state index is 0.0284. The highest BCUT2D eigenvalue weighted by molar-refractivity contribution is 5.76. The van der Waals surface area contributed by atoms with Gasteiger partial charge in [-0.15, -0.1) is 0 Å². The molecule has 2 aliphatic rings. The molecule has 2 fully saturated rings. The molecule has 0 aliphatic carbocycles. The number of carbonyl (C=O) groups is 1. The molecule has 0 unspecified atom stereocenters. The van der Waals surface area contributed by atoms with Crippen molar-refractivity contribution < 1.29 is 18.0 Å². The quantitative estimate of drug-likeness (QED) is 0.501. The predicted octanol–water partition coefficient (Wildman–Crippen LogP) is 4.51. The largest absolute Gasteiger partial charge is 0.419 e. The molecule has 0 spiro atoms. The Morgan fingerprint density at radius 1 is 1.14 bits per heavy atom. The summed E-state index contributed by atoms with van der Waals surface area (Å²) < 4.78 is 42.6. The average molecular weight is 494 g/mol. The second kappa shape index (κ2) is 11.3. The van der Waals surface area contributed by atoms with Crippen molar-refractivity contribution in [1.29, 1.82) is 0 Å². The lowest BCUT2D eigenvalue weighted by atomic mass is 10.1. The molecule has 4 heterocycles. The van der Waals surface area contributed by atoms with Gasteiger partial charge in [-0.3, -0.25) is 9.48 Å². The summed E-state index contributed by atoms with van der Waals surface area (Å²) in [7, 11) is 0. The van der Waals surface area contributed by atoms with Crippen molar-refractivity contribution in [1.82, 2.24) is 24.6 Å². The summed E-state index contributed by atoms with van der Waals surface area (Å²) in [5.41, 5.74) is -0.153. The van der Waals surface area contributed by atoms with E-state index in [1.807, 2.05) is 10.9 Å². The topological polar surface area (TPSA) is 78.3 Å². The molecule has 8 nitrogen and oxygen atoms in total. The van der Waals surface area contributed by atoms with Gasteiger partial charge in [0.05, 0.1) is 29.2 Å². The number of likely N-dealkylation sites (tertiary alicyclic amines) is 2. The third-order valence-electron chi connectivity index (χ3n) is 6.80. The van der Waals surface area contributed by atoms with Crippen LogP contribution in [0.2, 0.25) is 0 Å². The van der Waals surface area contributed by atoms with E-state index in [0.29, 0.717) is 43.5 Å². The zero-order valence-electron chi connectivity index (χ0n) is 20.2. The lowest BCUT2D eigenvalue weighted by molar-refractivity contribution is -0.137. The number of alkyl halides is 3. The van der Waals surface area contributed by atoms with Gasteiger partial charge in [0.25, 0.3) is 0 Å². The summed E-state index contributed by atoms with van der Waals surface area (Å²) >= 11 is 0. The van der Waals surface area contributed by atoms with Gasteiger partial charge >= 0.3 is 6.18 Å². The fraction of sp³-hybridized carbons (Fsp3) is 0.625. The van der Waals surface area contributed by atoms with E-state index >= 15 is 0 Å². The molecule has 35 heavy (non-hydrogen) atoms. The van der Waals surface area contributed by atoms with Gasteiger partial charge in [-0.25, -0.2) is 4.98 Å². The van der Waals surface area contributed by atoms with E-state index in [1.165, 1.54) is 6.07 Å². The van der Waals surface area contributed by atoms with Crippen LogP contribution in [0.15, 0.2) is 24.7 Å². The van der Waals surface area contributed by atoms with Crippen LogP contribution in [-0.4, -0.2) is 69.7 Å². The highest BCUT2D eigenvalue weighted by atomic mass is 19.4. The van der Waals surface area contributed by atoms with E-state index in [0.717, 1.165) is 58.1 Å². The Hall–Kier alpha value is -2.82. The fourth-order valence-corrected chi connectivity index (χ4v) is 4.74. The predicted molar refractivity (Wildman–Crippen MR) is 129 cm³/mol. The van der Waals surface area contributed by atoms with Crippen LogP contribution in [-0.2, 0) is 11.0 Å². The number of pyridine rings is 1. The number of rotatable bonds is 9. The first kappa shape index (κ1) is 25.3. The first-order valence-corrected chi connectivity index (χ1v) is 12.5. The number of nitrogens with one attached hydrogen (secondary N) is 2. The number of aromatic nitrogens is 3. The summed E-state index contributed by atoms with van der Waals surface area (Å²) in [4.78, 5) is 20.1. The average Bonchev–Trinajstić information content (AvgIpc) is 3.31. The van der Waals surface area contributed by atoms with Crippen LogP contribution in [0.4, 0.5) is 30.4 Å². The lowest BCUT2D eigenvalue weighted by Gasteiger charge is -2.31. The molecule has 2 aromatic rings. The van der Waals surface area contributed by atoms with Gasteiger partial charge in [-0.2, -0.15) is 18.3 Å². The molecule has 0 saturated carbocycles. The van der Waals surface area contributed by atoms with Crippen LogP contribution in [0.25, 0.3) is 0 Å². The summed E-state index contributed by atoms with van der Waals surface area (Å²) in [6, 6.07) is 1.70. The molecule has 2 aromatic heterocycles. The third-order valence-corrected chi connectivity index (χ3v) is 6.80. The first-order valence-electron chi connectivity index (χ1n) is 12.5. The molecule has 2 saturated heterocycles. The number of nitrogens with zero attached hydrogens (tertiary/aromatic N) is 5. The molecular formula is C24H34F3N7O. The van der Waals surface area contributed by atoms with Crippen LogP contribution in [0, 0.1) is 0 Å². The Balaban J connectivity index is 1.37. The monoisotopic (exact) mass is 493 g/mol. The SMILES string of the molecule is CCN1CCC(n2cc(Nc3cc(NCCCN4CCCCC4=O)c(C(F)(F)F)cn3)cn2)CC1. The normalized spacial score (nSPS) is 18.2. The molecule has 1 amide bonds. The Morgan fingerprint density at radius 2 is 1.94 bits per heavy atom. The first-order chi connectivity index (χ1) is 16.8. The molecule has 192 valence electrons. The fourth-order valence-electron chi connectivity index (χ4n) is 4.74. The van der Waals surface area contributed by atoms with Crippen molar-refractivity contribution in [3.05, 3.63) is 30.2 Å². The maximum atomic E-state index is 13.6. The molecule has 0 atom stereocenters. The van der Waals surface area contributed by atoms with Crippen LogP contribution in [0.3, 0.4) is 0 Å². The molecule has 0 radical (unpaired) electrons. The number of piperidine rings is 2. The van der Waals surface area contributed by atoms with Crippen molar-refractivity contribution >= 4 is 23.1 Å². The Kier molecular flexibility index (Phi) is 8.15. The number of amides is 1. The van der Waals surface area contributed by atoms with Gasteiger partial charge < -0.3 is 20.4 Å². The van der Waals surface area contributed by atoms with Crippen molar-refractivity contribution in [2.75, 3.05) is 49.9 Å². The molecule has 11 heteroatoms. The van der Waals surface area contributed by atoms with Crippen LogP contribution < -0.4 is 10.6 Å². The summed E-state index contributed by atoms with van der Waals surface area (Å²) in [6.45, 7) is 6.86. The molecular weight excluding hydrogens is 459 g/mol. The van der Waals surface area contributed by atoms with E-state index in [-0.39, 0.29) is 11.6 Å². The van der Waals surface area contributed by atoms with E-state index in [2.05, 4.69) is 32.5 Å². The molecule has 0 bridgehead atoms. The number of carbonyl (C=O) groups excluding carboxylic acids is 1. The maximum Gasteiger partial charge on any atom is 0.419 e. The van der Waals surface area contributed by atoms with Crippen molar-refractivity contribution in [3.8, 4) is 0 Å². The van der Waals surface area contributed by atoms with Crippen LogP contribution >= 0.6 is 0 Å². The van der Waals surface area contributed by atoms with E-state index < -0.39 is 11.7 Å². The summed E-state index contributed by atoms with van der Waals surface area (Å²) in [6.07, 6.45) is 4.94. The third kappa shape index (κ3) is 6.65. The lowest BCUT2D eigenvalue weighted by Crippen LogP contribution is -2.36. The standard InChI is InChI=1S/C24H34F3N7O/c1-2-32-12-7-19(8-13-32)34-17-18(15-30-34)31-22-14-21(20(16-29-22)24(25,26)27)28-9-5-11-33-10-4-3-6-23(33)35/h14-17,19H,2-13H2,1H3,(H2,28,29,31). The minimum Gasteiger partial charge on any atom is -0.384 e. The zero-order valence-corrected chi connectivity index (χ0v) is 20.2. The van der Waals surface area contributed by atoms with E-state index in [1.54, 1.807) is 11.1 Å². The van der Waals surface area contributed by atoms with Crippen LogP contribution in [0.5, 0.6) is 0 Å². The van der Waals surface area contributed by atoms with Gasteiger partial charge in [0.1, 0.15) is 5.82 Å². The highest BCUT2D eigenvalue weighted by Crippen LogP contribution is 2.36. The van der Waals surface area contributed by atoms with Crippen LogP contribution in [0.1, 0.15) is 57.1 Å². The molecule has 0 aromatic carbocycles. The van der Waals surface area contributed by atoms with Crippen molar-refractivity contribution in [2.24, 2.45) is 0 Å². The smallest absolute Gasteiger partial charge is 0.384 e. The Bertz CT molecular complexity index is 986. The minimum atomic E-state index is -4.52. The number of anilines is 3. The second-order valence-corrected chi connectivity index (χ2v) is 9.23. The highest BCUT2D eigenvalue weighted by Gasteiger charge is 2.34. The molecule has 2 aliphatic heterocycles. The van der Waals surface area contributed by atoms with Gasteiger partial charge in [-0.05, 0) is 38.6 Å². The summed E-state index contributed by atoms with van der Waals surface area (Å²) in [5, 5.41) is 10.4. The van der Waals surface area contributed by atoms with Crippen molar-refractivity contribution in [2.45, 2.75) is 57.7 Å². The molecule has 4 rings (SSSR count). The van der Waals surface area contributed by atoms with Gasteiger partial charge in [0, 0.05) is 57.6 Å². The molecule has 2 N–H and O–H groups in total. The Morgan fingerprint density at radius 3 is 2.66 bits per heavy atom. The number of hydrogen-bond donors (Lipinski definition) is 2. The summed E-state index contributed by atoms with van der Waals surface area (Å²) in [5.74, 6) is 0.436. The maximum absolute atomic E-state index is 13.6. The van der Waals surface area contributed by atoms with Gasteiger partial charge in [0.15, 0.2) is 0 Å². The van der Waals surface area contributed by atoms with Gasteiger partial charge in [0.2, 0.25) is 5.91 Å². The number of halogens is 3. The van der Waals surface area contributed by atoms with Gasteiger partial charge in [-0.1, -0.05) is 6.92 Å². The van der Waals surface area contributed by atoms with E-state index in [4.69, 9.17) is 0 Å². The van der Waals surface area contributed by atoms with Crippen molar-refractivity contribution in [3.63, 3.8) is 0 Å². The zero-order chi connectivity index (χ0) is 24.8. The number of hydrogen-bond acceptors (Lipinski definition) is 6. The second-order valence-electron chi connectivity index (χ2n) is 9.23. The Labute approximate surface area is 203 Å². The van der Waals surface area contributed by atoms with E-state index in [9.17, 15) is 18.0 Å².